The Morgan fingerprint density at radius 2 is 1.93 bits per heavy atom. The van der Waals surface area contributed by atoms with Crippen LogP contribution in [0.25, 0.3) is 0 Å². The summed E-state index contributed by atoms with van der Waals surface area (Å²) in [7, 11) is 0. The van der Waals surface area contributed by atoms with E-state index in [2.05, 4.69) is 5.32 Å². The molecule has 0 saturated carbocycles. The monoisotopic (exact) mass is 441 g/mol. The smallest absolute Gasteiger partial charge is 0.416 e. The third-order valence-electron chi connectivity index (χ3n) is 4.32. The normalized spacial score (nSPS) is 14.6. The van der Waals surface area contributed by atoms with Gasteiger partial charge in [-0.3, -0.25) is 14.5 Å². The van der Waals surface area contributed by atoms with Crippen LogP contribution >= 0.6 is 11.6 Å². The Hall–Kier alpha value is -3.27. The summed E-state index contributed by atoms with van der Waals surface area (Å²) in [5, 5.41) is 2.55. The maximum Gasteiger partial charge on any atom is 0.416 e. The van der Waals surface area contributed by atoms with Crippen LogP contribution in [0.1, 0.15) is 22.8 Å². The first-order valence-electron chi connectivity index (χ1n) is 8.56. The Balaban J connectivity index is 1.81. The molecule has 30 heavy (non-hydrogen) atoms. The number of halogens is 4. The molecular weight excluding hydrogens is 427 g/mol. The number of fused-ring (bicyclic) bond motifs is 1. The van der Waals surface area contributed by atoms with E-state index in [0.29, 0.717) is 0 Å². The highest BCUT2D eigenvalue weighted by Gasteiger charge is 2.35. The molecule has 11 heteroatoms. The quantitative estimate of drug-likeness (QED) is 0.561. The Morgan fingerprint density at radius 1 is 1.23 bits per heavy atom. The van der Waals surface area contributed by atoms with Gasteiger partial charge in [-0.15, -0.1) is 0 Å². The number of carbonyl (C=O) groups excluding carboxylic acids is 3. The molecule has 2 aromatic rings. The fraction of sp³-hybridized carbons (Fsp3) is 0.211. The number of anilines is 3. The molecule has 1 unspecified atom stereocenters. The van der Waals surface area contributed by atoms with Crippen molar-refractivity contribution in [2.24, 2.45) is 0 Å². The number of alkyl halides is 3. The molecule has 158 valence electrons. The molecular formula is C19H15ClF3N3O4. The minimum atomic E-state index is -4.62. The Morgan fingerprint density at radius 3 is 2.57 bits per heavy atom. The SMILES string of the molecule is CC(OC(=O)c1ccc(Cl)c(N)c1)C(=O)N1CC(=O)Nc2cc(C(F)(F)F)ccc21. The number of ether oxygens (including phenoxy) is 1. The first kappa shape index (κ1) is 21.4. The molecule has 0 spiro atoms. The van der Waals surface area contributed by atoms with Gasteiger partial charge in [0.15, 0.2) is 6.10 Å². The molecule has 1 aliphatic heterocycles. The van der Waals surface area contributed by atoms with Crippen molar-refractivity contribution >= 4 is 46.4 Å². The van der Waals surface area contributed by atoms with E-state index in [1.54, 1.807) is 0 Å². The predicted molar refractivity (Wildman–Crippen MR) is 103 cm³/mol. The summed E-state index contributed by atoms with van der Waals surface area (Å²) >= 11 is 5.80. The number of rotatable bonds is 3. The highest BCUT2D eigenvalue weighted by atomic mass is 35.5. The molecule has 0 bridgehead atoms. The van der Waals surface area contributed by atoms with Gasteiger partial charge in [-0.05, 0) is 43.3 Å². The van der Waals surface area contributed by atoms with Crippen molar-refractivity contribution in [2.75, 3.05) is 22.5 Å². The molecule has 0 radical (unpaired) electrons. The molecule has 1 atom stereocenters. The van der Waals surface area contributed by atoms with E-state index in [4.69, 9.17) is 22.1 Å². The standard InChI is InChI=1S/C19H15ClF3N3O4/c1-9(30-18(29)10-2-4-12(20)13(24)6-10)17(28)26-8-16(27)25-14-7-11(19(21,22)23)3-5-15(14)26/h2-7,9H,8,24H2,1H3,(H,25,27). The van der Waals surface area contributed by atoms with Crippen LogP contribution in [0.4, 0.5) is 30.2 Å². The van der Waals surface area contributed by atoms with Crippen molar-refractivity contribution in [1.29, 1.82) is 0 Å². The first-order chi connectivity index (χ1) is 14.0. The van der Waals surface area contributed by atoms with E-state index < -0.39 is 42.2 Å². The summed E-state index contributed by atoms with van der Waals surface area (Å²) in [5.74, 6) is -2.31. The second-order valence-corrected chi connectivity index (χ2v) is 6.89. The van der Waals surface area contributed by atoms with E-state index in [0.717, 1.165) is 23.1 Å². The van der Waals surface area contributed by atoms with Crippen LogP contribution in [0.2, 0.25) is 5.02 Å². The zero-order chi connectivity index (χ0) is 22.2. The summed E-state index contributed by atoms with van der Waals surface area (Å²) in [4.78, 5) is 37.9. The lowest BCUT2D eigenvalue weighted by molar-refractivity contribution is -0.137. The Labute approximate surface area is 173 Å². The zero-order valence-electron chi connectivity index (χ0n) is 15.4. The van der Waals surface area contributed by atoms with Crippen LogP contribution in [0.15, 0.2) is 36.4 Å². The average molecular weight is 442 g/mol. The third-order valence-corrected chi connectivity index (χ3v) is 4.66. The average Bonchev–Trinajstić information content (AvgIpc) is 2.67. The number of nitrogens with two attached hydrogens (primary N) is 1. The van der Waals surface area contributed by atoms with Crippen LogP contribution in [0.3, 0.4) is 0 Å². The molecule has 2 aromatic carbocycles. The van der Waals surface area contributed by atoms with Crippen molar-refractivity contribution < 1.29 is 32.3 Å². The van der Waals surface area contributed by atoms with Crippen molar-refractivity contribution in [2.45, 2.75) is 19.2 Å². The maximum absolute atomic E-state index is 12.9. The molecule has 1 aliphatic rings. The number of nitrogen functional groups attached to an aromatic ring is 1. The molecule has 0 fully saturated rings. The van der Waals surface area contributed by atoms with Gasteiger partial charge in [0, 0.05) is 0 Å². The lowest BCUT2D eigenvalue weighted by atomic mass is 10.1. The Kier molecular flexibility index (Phi) is 5.62. The van der Waals surface area contributed by atoms with Gasteiger partial charge >= 0.3 is 12.1 Å². The predicted octanol–water partition coefficient (Wildman–Crippen LogP) is 3.47. The van der Waals surface area contributed by atoms with Gasteiger partial charge in [-0.1, -0.05) is 11.6 Å². The second kappa shape index (κ2) is 7.86. The summed E-state index contributed by atoms with van der Waals surface area (Å²) in [6, 6.07) is 6.64. The van der Waals surface area contributed by atoms with E-state index in [9.17, 15) is 27.6 Å². The number of amides is 2. The molecule has 3 rings (SSSR count). The minimum Gasteiger partial charge on any atom is -0.449 e. The summed E-state index contributed by atoms with van der Waals surface area (Å²) < 4.78 is 43.9. The maximum atomic E-state index is 12.9. The van der Waals surface area contributed by atoms with Gasteiger partial charge in [-0.25, -0.2) is 4.79 Å². The lowest BCUT2D eigenvalue weighted by Gasteiger charge is -2.31. The topological polar surface area (TPSA) is 102 Å². The molecule has 0 aromatic heterocycles. The largest absolute Gasteiger partial charge is 0.449 e. The molecule has 1 heterocycles. The van der Waals surface area contributed by atoms with Crippen molar-refractivity contribution in [3.63, 3.8) is 0 Å². The third kappa shape index (κ3) is 4.33. The second-order valence-electron chi connectivity index (χ2n) is 6.49. The molecule has 7 nitrogen and oxygen atoms in total. The number of nitrogens with zero attached hydrogens (tertiary/aromatic N) is 1. The van der Waals surface area contributed by atoms with Gasteiger partial charge in [-0.2, -0.15) is 13.2 Å². The Bertz CT molecular complexity index is 1040. The van der Waals surface area contributed by atoms with Crippen LogP contribution < -0.4 is 16.0 Å². The van der Waals surface area contributed by atoms with Crippen molar-refractivity contribution in [1.82, 2.24) is 0 Å². The zero-order valence-corrected chi connectivity index (χ0v) is 16.2. The van der Waals surface area contributed by atoms with Crippen LogP contribution in [0, 0.1) is 0 Å². The van der Waals surface area contributed by atoms with Gasteiger partial charge < -0.3 is 15.8 Å². The van der Waals surface area contributed by atoms with Gasteiger partial charge in [0.2, 0.25) is 5.91 Å². The van der Waals surface area contributed by atoms with Crippen LogP contribution in [-0.2, 0) is 20.5 Å². The van der Waals surface area contributed by atoms with Crippen LogP contribution in [-0.4, -0.2) is 30.4 Å². The minimum absolute atomic E-state index is 0.0585. The fourth-order valence-electron chi connectivity index (χ4n) is 2.83. The van der Waals surface area contributed by atoms with Crippen molar-refractivity contribution in [3.8, 4) is 0 Å². The summed E-state index contributed by atoms with van der Waals surface area (Å²) in [5.41, 5.74) is 4.76. The first-order valence-corrected chi connectivity index (χ1v) is 8.93. The number of esters is 1. The van der Waals surface area contributed by atoms with Gasteiger partial charge in [0.25, 0.3) is 5.91 Å². The highest BCUT2D eigenvalue weighted by Crippen LogP contribution is 2.37. The molecule has 3 N–H and O–H groups in total. The highest BCUT2D eigenvalue weighted by molar-refractivity contribution is 6.33. The van der Waals surface area contributed by atoms with Gasteiger partial charge in [0.05, 0.1) is 33.2 Å². The summed E-state index contributed by atoms with van der Waals surface area (Å²) in [6.07, 6.45) is -5.94. The van der Waals surface area contributed by atoms with E-state index in [-0.39, 0.29) is 27.6 Å². The fourth-order valence-corrected chi connectivity index (χ4v) is 2.95. The number of nitrogens with one attached hydrogen (secondary N) is 1. The molecule has 0 saturated heterocycles. The summed E-state index contributed by atoms with van der Waals surface area (Å²) in [6.45, 7) is 0.850. The molecule has 0 aliphatic carbocycles. The molecule has 2 amide bonds. The number of hydrogen-bond donors (Lipinski definition) is 2. The van der Waals surface area contributed by atoms with E-state index in [1.165, 1.54) is 25.1 Å². The lowest BCUT2D eigenvalue weighted by Crippen LogP contribution is -2.47. The van der Waals surface area contributed by atoms with E-state index in [1.807, 2.05) is 0 Å². The van der Waals surface area contributed by atoms with Crippen molar-refractivity contribution in [3.05, 3.63) is 52.5 Å². The number of benzene rings is 2. The van der Waals surface area contributed by atoms with E-state index >= 15 is 0 Å². The van der Waals surface area contributed by atoms with Crippen LogP contribution in [0.5, 0.6) is 0 Å². The van der Waals surface area contributed by atoms with Gasteiger partial charge in [0.1, 0.15) is 6.54 Å². The number of hydrogen-bond acceptors (Lipinski definition) is 5. The number of carbonyl (C=O) groups is 3.